The normalized spacial score (nSPS) is 17.3. The van der Waals surface area contributed by atoms with Crippen LogP contribution < -0.4 is 4.72 Å². The quantitative estimate of drug-likeness (QED) is 0.473. The van der Waals surface area contributed by atoms with Crippen LogP contribution in [0.4, 0.5) is 4.79 Å². The lowest BCUT2D eigenvalue weighted by molar-refractivity contribution is 0.137. The third-order valence-electron chi connectivity index (χ3n) is 4.91. The van der Waals surface area contributed by atoms with Gasteiger partial charge in [0, 0.05) is 11.1 Å². The number of nitrogens with one attached hydrogen (secondary N) is 1. The molecule has 3 N–H and O–H groups in total. The monoisotopic (exact) mass is 459 g/mol. The smallest absolute Gasteiger partial charge is 0.450 e. The zero-order valence-electron chi connectivity index (χ0n) is 16.5. The third-order valence-corrected chi connectivity index (χ3v) is 6.67. The fraction of sp³-hybridized carbons (Fsp3) is 0.174. The van der Waals surface area contributed by atoms with Gasteiger partial charge in [-0.2, -0.15) is 0 Å². The van der Waals surface area contributed by atoms with Gasteiger partial charge < -0.3 is 10.2 Å². The molecule has 0 aliphatic heterocycles. The van der Waals surface area contributed by atoms with E-state index in [9.17, 15) is 8.42 Å². The Hall–Kier alpha value is -2.87. The van der Waals surface area contributed by atoms with Crippen molar-refractivity contribution in [1.29, 1.82) is 0 Å². The van der Waals surface area contributed by atoms with E-state index < -0.39 is 16.2 Å². The van der Waals surface area contributed by atoms with E-state index >= 15 is 0 Å². The Kier molecular flexibility index (Phi) is 7.33. The molecule has 2 atom stereocenters. The predicted octanol–water partition coefficient (Wildman–Crippen LogP) is 5.14. The molecule has 1 aliphatic carbocycles. The molecular weight excluding hydrogens is 438 g/mol. The highest BCUT2D eigenvalue weighted by Gasteiger charge is 2.40. The van der Waals surface area contributed by atoms with Crippen molar-refractivity contribution in [2.45, 2.75) is 23.8 Å². The predicted molar refractivity (Wildman–Crippen MR) is 120 cm³/mol. The number of hydrogen-bond acceptors (Lipinski definition) is 3. The van der Waals surface area contributed by atoms with Crippen molar-refractivity contribution in [3.63, 3.8) is 0 Å². The van der Waals surface area contributed by atoms with Crippen LogP contribution in [0.1, 0.15) is 12.0 Å². The second kappa shape index (κ2) is 9.96. The molecule has 0 amide bonds. The van der Waals surface area contributed by atoms with Gasteiger partial charge in [-0.1, -0.05) is 66.2 Å². The van der Waals surface area contributed by atoms with Crippen LogP contribution in [0.3, 0.4) is 0 Å². The molecule has 0 unspecified atom stereocenters. The van der Waals surface area contributed by atoms with Gasteiger partial charge in [-0.25, -0.2) is 17.9 Å². The summed E-state index contributed by atoms with van der Waals surface area (Å²) >= 11 is 5.91. The average Bonchev–Trinajstić information content (AvgIpc) is 3.45. The van der Waals surface area contributed by atoms with Gasteiger partial charge in [-0.3, -0.25) is 0 Å². The minimum absolute atomic E-state index is 0.0196. The Morgan fingerprint density at radius 1 is 0.903 bits per heavy atom. The number of benzene rings is 3. The van der Waals surface area contributed by atoms with Crippen LogP contribution in [0.2, 0.25) is 5.02 Å². The van der Waals surface area contributed by atoms with Gasteiger partial charge in [0.2, 0.25) is 10.0 Å². The van der Waals surface area contributed by atoms with Gasteiger partial charge in [0.15, 0.2) is 0 Å². The molecule has 3 aromatic rings. The SMILES string of the molecule is O=C(O)O.O=S(=O)(N[C@H]1C[C@@H]1Cc1ccccc1)c1ccc(-c2ccc(Cl)cc2)cc1. The number of carboxylic acid groups (broad SMARTS) is 2. The number of rotatable bonds is 6. The van der Waals surface area contributed by atoms with Gasteiger partial charge in [0.05, 0.1) is 4.90 Å². The molecule has 31 heavy (non-hydrogen) atoms. The Balaban J connectivity index is 0.000000628. The largest absolute Gasteiger partial charge is 0.503 e. The zero-order valence-corrected chi connectivity index (χ0v) is 18.1. The summed E-state index contributed by atoms with van der Waals surface area (Å²) in [6.45, 7) is 0. The number of carbonyl (C=O) groups is 1. The molecule has 1 aliphatic rings. The van der Waals surface area contributed by atoms with E-state index in [0.717, 1.165) is 24.0 Å². The molecule has 0 heterocycles. The standard InChI is InChI=1S/C22H20ClNO2S.CH2O3/c23-20-10-6-17(7-11-20)18-8-12-21(13-9-18)27(25,26)24-22-15-19(22)14-16-4-2-1-3-5-16;2-1(3)4/h1-13,19,22,24H,14-15H2;(H2,2,3,4)/t19-,22-;/m0./s1. The van der Waals surface area contributed by atoms with E-state index in [2.05, 4.69) is 16.9 Å². The molecule has 6 nitrogen and oxygen atoms in total. The first-order valence-electron chi connectivity index (χ1n) is 9.59. The topological polar surface area (TPSA) is 104 Å². The summed E-state index contributed by atoms with van der Waals surface area (Å²) in [4.78, 5) is 8.85. The number of halogens is 1. The summed E-state index contributed by atoms with van der Waals surface area (Å²) in [5.74, 6) is 0.371. The lowest BCUT2D eigenvalue weighted by atomic mass is 10.1. The maximum atomic E-state index is 12.6. The Morgan fingerprint density at radius 2 is 1.42 bits per heavy atom. The highest BCUT2D eigenvalue weighted by molar-refractivity contribution is 7.89. The molecular formula is C23H22ClNO5S. The van der Waals surface area contributed by atoms with E-state index in [1.165, 1.54) is 5.56 Å². The first kappa shape index (κ1) is 22.8. The van der Waals surface area contributed by atoms with Gasteiger partial charge >= 0.3 is 6.16 Å². The lowest BCUT2D eigenvalue weighted by Crippen LogP contribution is -2.27. The molecule has 162 valence electrons. The van der Waals surface area contributed by atoms with Crippen molar-refractivity contribution in [2.24, 2.45) is 5.92 Å². The van der Waals surface area contributed by atoms with Crippen LogP contribution in [-0.2, 0) is 16.4 Å². The molecule has 4 rings (SSSR count). The van der Waals surface area contributed by atoms with Crippen molar-refractivity contribution in [2.75, 3.05) is 0 Å². The summed E-state index contributed by atoms with van der Waals surface area (Å²) in [5.41, 5.74) is 3.21. The fourth-order valence-electron chi connectivity index (χ4n) is 3.27. The van der Waals surface area contributed by atoms with E-state index in [4.69, 9.17) is 26.6 Å². The average molecular weight is 460 g/mol. The lowest BCUT2D eigenvalue weighted by Gasteiger charge is -2.08. The van der Waals surface area contributed by atoms with Gasteiger partial charge in [0.1, 0.15) is 0 Å². The van der Waals surface area contributed by atoms with E-state index in [1.54, 1.807) is 12.1 Å². The summed E-state index contributed by atoms with van der Waals surface area (Å²) < 4.78 is 28.1. The van der Waals surface area contributed by atoms with Crippen molar-refractivity contribution in [3.05, 3.63) is 89.4 Å². The molecule has 1 saturated carbocycles. The zero-order chi connectivity index (χ0) is 22.4. The molecule has 0 radical (unpaired) electrons. The highest BCUT2D eigenvalue weighted by atomic mass is 35.5. The molecule has 3 aromatic carbocycles. The summed E-state index contributed by atoms with van der Waals surface area (Å²) in [6.07, 6.45) is -0.0412. The van der Waals surface area contributed by atoms with E-state index in [-0.39, 0.29) is 6.04 Å². The van der Waals surface area contributed by atoms with Gasteiger partial charge in [-0.15, -0.1) is 0 Å². The molecule has 0 bridgehead atoms. The van der Waals surface area contributed by atoms with Gasteiger partial charge in [-0.05, 0) is 59.7 Å². The Bertz CT molecular complexity index is 1110. The van der Waals surface area contributed by atoms with Crippen molar-refractivity contribution < 1.29 is 23.4 Å². The maximum Gasteiger partial charge on any atom is 0.503 e. The highest BCUT2D eigenvalue weighted by Crippen LogP contribution is 2.35. The van der Waals surface area contributed by atoms with Crippen LogP contribution in [0.5, 0.6) is 0 Å². The van der Waals surface area contributed by atoms with E-state index in [1.807, 2.05) is 54.6 Å². The Morgan fingerprint density at radius 3 is 1.97 bits per heavy atom. The Labute approximate surface area is 186 Å². The third kappa shape index (κ3) is 6.82. The van der Waals surface area contributed by atoms with Crippen LogP contribution in [0.15, 0.2) is 83.8 Å². The molecule has 8 heteroatoms. The first-order chi connectivity index (χ1) is 14.7. The van der Waals surface area contributed by atoms with Crippen LogP contribution in [0.25, 0.3) is 11.1 Å². The van der Waals surface area contributed by atoms with Crippen LogP contribution in [-0.4, -0.2) is 30.8 Å². The minimum Gasteiger partial charge on any atom is -0.450 e. The molecule has 0 spiro atoms. The summed E-state index contributed by atoms with van der Waals surface area (Å²) in [7, 11) is -3.50. The number of hydrogen-bond donors (Lipinski definition) is 3. The molecule has 0 saturated heterocycles. The van der Waals surface area contributed by atoms with Crippen molar-refractivity contribution in [1.82, 2.24) is 4.72 Å². The molecule has 1 fully saturated rings. The maximum absolute atomic E-state index is 12.6. The first-order valence-corrected chi connectivity index (χ1v) is 11.4. The number of sulfonamides is 1. The minimum atomic E-state index is -3.50. The fourth-order valence-corrected chi connectivity index (χ4v) is 4.71. The van der Waals surface area contributed by atoms with Crippen molar-refractivity contribution in [3.8, 4) is 11.1 Å². The van der Waals surface area contributed by atoms with Gasteiger partial charge in [0.25, 0.3) is 0 Å². The summed E-state index contributed by atoms with van der Waals surface area (Å²) in [5, 5.41) is 14.6. The second-order valence-corrected chi connectivity index (χ2v) is 9.38. The molecule has 0 aromatic heterocycles. The van der Waals surface area contributed by atoms with Crippen LogP contribution >= 0.6 is 11.6 Å². The van der Waals surface area contributed by atoms with Crippen LogP contribution in [0, 0.1) is 5.92 Å². The second-order valence-electron chi connectivity index (χ2n) is 7.23. The van der Waals surface area contributed by atoms with Crippen molar-refractivity contribution >= 4 is 27.8 Å². The summed E-state index contributed by atoms with van der Waals surface area (Å²) in [6, 6.07) is 24.6. The van der Waals surface area contributed by atoms with E-state index in [0.29, 0.717) is 15.8 Å².